The zero-order chi connectivity index (χ0) is 13.7. The molecule has 0 aliphatic heterocycles. The van der Waals surface area contributed by atoms with Gasteiger partial charge in [-0.15, -0.1) is 0 Å². The molecule has 0 spiro atoms. The van der Waals surface area contributed by atoms with Crippen molar-refractivity contribution in [2.24, 2.45) is 0 Å². The van der Waals surface area contributed by atoms with E-state index in [1.54, 1.807) is 0 Å². The summed E-state index contributed by atoms with van der Waals surface area (Å²) in [7, 11) is 0. The van der Waals surface area contributed by atoms with Crippen LogP contribution in [0, 0.1) is 0 Å². The molecule has 0 unspecified atom stereocenters. The molecule has 3 nitrogen and oxygen atoms in total. The lowest BCUT2D eigenvalue weighted by molar-refractivity contribution is 0.788. The number of rotatable bonds is 6. The Kier molecular flexibility index (Phi) is 4.95. The first-order valence-electron chi connectivity index (χ1n) is 6.02. The maximum Gasteiger partial charge on any atom is 0.136 e. The summed E-state index contributed by atoms with van der Waals surface area (Å²) in [4.78, 5) is 13.3. The maximum absolute atomic E-state index is 4.45. The first-order valence-corrected chi connectivity index (χ1v) is 6.02. The summed E-state index contributed by atoms with van der Waals surface area (Å²) in [5, 5.41) is 0. The van der Waals surface area contributed by atoms with Crippen LogP contribution in [-0.2, 0) is 19.3 Å². The molecule has 1 aromatic heterocycles. The number of allylic oxidation sites excluding steroid dienone is 3. The third-order valence-corrected chi connectivity index (χ3v) is 2.15. The normalized spacial score (nSPS) is 10.2. The number of nitrogens with zero attached hydrogens (tertiary/aromatic N) is 3. The van der Waals surface area contributed by atoms with E-state index in [2.05, 4.69) is 34.7 Å². The van der Waals surface area contributed by atoms with Gasteiger partial charge in [-0.3, -0.25) is 0 Å². The number of aromatic nitrogens is 3. The van der Waals surface area contributed by atoms with E-state index >= 15 is 0 Å². The fourth-order valence-electron chi connectivity index (χ4n) is 1.57. The lowest BCUT2D eigenvalue weighted by atomic mass is 10.2. The highest BCUT2D eigenvalue weighted by atomic mass is 15.0. The Labute approximate surface area is 109 Å². The van der Waals surface area contributed by atoms with E-state index in [1.807, 2.05) is 20.8 Å². The highest BCUT2D eigenvalue weighted by molar-refractivity contribution is 5.11. The van der Waals surface area contributed by atoms with Gasteiger partial charge in [0.25, 0.3) is 0 Å². The molecule has 0 fully saturated rings. The molecule has 3 heteroatoms. The van der Waals surface area contributed by atoms with Crippen molar-refractivity contribution < 1.29 is 0 Å². The van der Waals surface area contributed by atoms with E-state index < -0.39 is 0 Å². The fourth-order valence-corrected chi connectivity index (χ4v) is 1.57. The molecule has 1 aromatic rings. The largest absolute Gasteiger partial charge is 0.217 e. The van der Waals surface area contributed by atoms with Crippen molar-refractivity contribution >= 4 is 0 Å². The average Bonchev–Trinajstić information content (AvgIpc) is 2.12. The third-order valence-electron chi connectivity index (χ3n) is 2.15. The van der Waals surface area contributed by atoms with Crippen LogP contribution in [-0.4, -0.2) is 15.0 Å². The quantitative estimate of drug-likeness (QED) is 0.720. The molecule has 0 saturated carbocycles. The van der Waals surface area contributed by atoms with Crippen LogP contribution < -0.4 is 0 Å². The zero-order valence-electron chi connectivity index (χ0n) is 11.6. The Morgan fingerprint density at radius 3 is 1.06 bits per heavy atom. The molecule has 0 N–H and O–H groups in total. The summed E-state index contributed by atoms with van der Waals surface area (Å²) >= 11 is 0. The van der Waals surface area contributed by atoms with Gasteiger partial charge in [0.05, 0.1) is 0 Å². The molecule has 0 bridgehead atoms. The number of hydrogen-bond acceptors (Lipinski definition) is 3. The van der Waals surface area contributed by atoms with Gasteiger partial charge in [-0.05, 0) is 20.8 Å². The van der Waals surface area contributed by atoms with Crippen molar-refractivity contribution in [1.29, 1.82) is 0 Å². The van der Waals surface area contributed by atoms with Crippen molar-refractivity contribution in [3.8, 4) is 0 Å². The standard InChI is InChI=1S/C15H21N3/c1-10(2)7-13-16-14(8-11(3)4)18-15(17-13)9-12(5)6/h1,3,5,7-9H2,2,4,6H3. The van der Waals surface area contributed by atoms with Crippen molar-refractivity contribution in [2.45, 2.75) is 40.0 Å². The van der Waals surface area contributed by atoms with Crippen molar-refractivity contribution in [1.82, 2.24) is 15.0 Å². The predicted molar refractivity (Wildman–Crippen MR) is 75.4 cm³/mol. The molecule has 1 rings (SSSR count). The van der Waals surface area contributed by atoms with Gasteiger partial charge >= 0.3 is 0 Å². The molecule has 0 atom stereocenters. The van der Waals surface area contributed by atoms with Gasteiger partial charge in [-0.2, -0.15) is 0 Å². The van der Waals surface area contributed by atoms with Crippen LogP contribution in [0.4, 0.5) is 0 Å². The van der Waals surface area contributed by atoms with Crippen LogP contribution in [0.2, 0.25) is 0 Å². The molecule has 0 radical (unpaired) electrons. The van der Waals surface area contributed by atoms with Crippen LogP contribution in [0.25, 0.3) is 0 Å². The minimum absolute atomic E-state index is 0.689. The molecule has 18 heavy (non-hydrogen) atoms. The fraction of sp³-hybridized carbons (Fsp3) is 0.400. The van der Waals surface area contributed by atoms with E-state index in [-0.39, 0.29) is 0 Å². The molecule has 0 aromatic carbocycles. The second kappa shape index (κ2) is 6.24. The zero-order valence-corrected chi connectivity index (χ0v) is 11.6. The van der Waals surface area contributed by atoms with Gasteiger partial charge in [-0.1, -0.05) is 36.5 Å². The van der Waals surface area contributed by atoms with E-state index in [9.17, 15) is 0 Å². The summed E-state index contributed by atoms with van der Waals surface area (Å²) < 4.78 is 0. The second-order valence-electron chi connectivity index (χ2n) is 4.99. The monoisotopic (exact) mass is 243 g/mol. The Balaban J connectivity index is 3.06. The topological polar surface area (TPSA) is 38.7 Å². The summed E-state index contributed by atoms with van der Waals surface area (Å²) in [6.45, 7) is 17.6. The van der Waals surface area contributed by atoms with E-state index in [4.69, 9.17) is 0 Å². The smallest absolute Gasteiger partial charge is 0.136 e. The van der Waals surface area contributed by atoms with Crippen LogP contribution >= 0.6 is 0 Å². The van der Waals surface area contributed by atoms with Crippen LogP contribution in [0.1, 0.15) is 38.2 Å². The lowest BCUT2D eigenvalue weighted by Gasteiger charge is -2.07. The van der Waals surface area contributed by atoms with Gasteiger partial charge in [0.2, 0.25) is 0 Å². The van der Waals surface area contributed by atoms with Gasteiger partial charge in [0.15, 0.2) is 0 Å². The molecule has 0 aliphatic rings. The Morgan fingerprint density at radius 2 is 0.889 bits per heavy atom. The first kappa shape index (κ1) is 14.3. The number of hydrogen-bond donors (Lipinski definition) is 0. The van der Waals surface area contributed by atoms with Crippen LogP contribution in [0.5, 0.6) is 0 Å². The van der Waals surface area contributed by atoms with E-state index in [0.717, 1.165) is 34.2 Å². The van der Waals surface area contributed by atoms with Crippen LogP contribution in [0.3, 0.4) is 0 Å². The highest BCUT2D eigenvalue weighted by Gasteiger charge is 2.07. The summed E-state index contributed by atoms with van der Waals surface area (Å²) in [6.07, 6.45) is 2.07. The molecular formula is C15H21N3. The molecule has 96 valence electrons. The van der Waals surface area contributed by atoms with Crippen molar-refractivity contribution in [3.05, 3.63) is 53.9 Å². The Hall–Kier alpha value is -1.77. The molecule has 1 heterocycles. The second-order valence-corrected chi connectivity index (χ2v) is 4.99. The summed E-state index contributed by atoms with van der Waals surface area (Å²) in [6, 6.07) is 0. The Bertz CT molecular complexity index is 403. The predicted octanol–water partition coefficient (Wildman–Crippen LogP) is 3.23. The molecular weight excluding hydrogens is 222 g/mol. The third kappa shape index (κ3) is 5.04. The van der Waals surface area contributed by atoms with E-state index in [1.165, 1.54) is 0 Å². The van der Waals surface area contributed by atoms with E-state index in [0.29, 0.717) is 19.3 Å². The first-order chi connectivity index (χ1) is 8.36. The molecule has 0 aliphatic carbocycles. The summed E-state index contributed by atoms with van der Waals surface area (Å²) in [5.41, 5.74) is 3.14. The van der Waals surface area contributed by atoms with Crippen LogP contribution in [0.15, 0.2) is 36.5 Å². The minimum Gasteiger partial charge on any atom is -0.217 e. The Morgan fingerprint density at radius 1 is 0.667 bits per heavy atom. The van der Waals surface area contributed by atoms with Gasteiger partial charge in [0.1, 0.15) is 17.5 Å². The maximum atomic E-state index is 4.45. The molecule has 0 saturated heterocycles. The van der Waals surface area contributed by atoms with Crippen molar-refractivity contribution in [2.75, 3.05) is 0 Å². The SMILES string of the molecule is C=C(C)Cc1nc(CC(=C)C)nc(CC(=C)C)n1. The summed E-state index contributed by atoms with van der Waals surface area (Å²) in [5.74, 6) is 2.35. The molecule has 0 amide bonds. The highest BCUT2D eigenvalue weighted by Crippen LogP contribution is 2.08. The van der Waals surface area contributed by atoms with Gasteiger partial charge < -0.3 is 0 Å². The average molecular weight is 243 g/mol. The minimum atomic E-state index is 0.689. The van der Waals surface area contributed by atoms with Gasteiger partial charge in [0, 0.05) is 19.3 Å². The van der Waals surface area contributed by atoms with Crippen molar-refractivity contribution in [3.63, 3.8) is 0 Å². The van der Waals surface area contributed by atoms with Gasteiger partial charge in [-0.25, -0.2) is 15.0 Å². The lowest BCUT2D eigenvalue weighted by Crippen LogP contribution is -2.09.